The van der Waals surface area contributed by atoms with E-state index in [1.54, 1.807) is 6.33 Å². The van der Waals surface area contributed by atoms with Crippen LogP contribution in [0, 0.1) is 0 Å². The Morgan fingerprint density at radius 1 is 0.913 bits per heavy atom. The Bertz CT molecular complexity index is 774. The summed E-state index contributed by atoms with van der Waals surface area (Å²) in [7, 11) is 0. The van der Waals surface area contributed by atoms with E-state index in [1.165, 1.54) is 32.4 Å². The number of aromatic nitrogens is 4. The second kappa shape index (κ2) is 6.46. The lowest BCUT2D eigenvalue weighted by Gasteiger charge is -2.26. The van der Waals surface area contributed by atoms with Crippen LogP contribution in [0.3, 0.4) is 0 Å². The van der Waals surface area contributed by atoms with Crippen LogP contribution in [0.25, 0.3) is 22.3 Å². The van der Waals surface area contributed by atoms with Crippen molar-refractivity contribution in [2.24, 2.45) is 0 Å². The molecule has 1 fully saturated rings. The molecule has 0 amide bonds. The molecule has 0 atom stereocenters. The predicted molar refractivity (Wildman–Crippen MR) is 91.1 cm³/mol. The van der Waals surface area contributed by atoms with Gasteiger partial charge in [0.1, 0.15) is 6.33 Å². The van der Waals surface area contributed by atoms with Crippen molar-refractivity contribution in [2.45, 2.75) is 25.8 Å². The summed E-state index contributed by atoms with van der Waals surface area (Å²) in [5.74, 6) is 0. The van der Waals surface area contributed by atoms with Crippen molar-refractivity contribution in [1.82, 2.24) is 24.6 Å². The monoisotopic (exact) mass is 307 g/mol. The van der Waals surface area contributed by atoms with Gasteiger partial charge in [-0.2, -0.15) is 5.10 Å². The second-order valence-corrected chi connectivity index (χ2v) is 6.10. The molecule has 5 nitrogen and oxygen atoms in total. The van der Waals surface area contributed by atoms with E-state index in [9.17, 15) is 0 Å². The largest absolute Gasteiger partial charge is 0.301 e. The van der Waals surface area contributed by atoms with Gasteiger partial charge in [-0.15, -0.1) is 0 Å². The molecule has 1 aliphatic rings. The number of benzene rings is 1. The molecular weight excluding hydrogens is 286 g/mol. The van der Waals surface area contributed by atoms with Crippen LogP contribution >= 0.6 is 0 Å². The fourth-order valence-corrected chi connectivity index (χ4v) is 3.30. The van der Waals surface area contributed by atoms with E-state index in [2.05, 4.69) is 32.1 Å². The van der Waals surface area contributed by atoms with Gasteiger partial charge in [-0.25, -0.2) is 14.6 Å². The van der Waals surface area contributed by atoms with Crippen LogP contribution < -0.4 is 0 Å². The van der Waals surface area contributed by atoms with Crippen molar-refractivity contribution in [3.8, 4) is 11.3 Å². The van der Waals surface area contributed by atoms with E-state index in [0.717, 1.165) is 35.4 Å². The highest BCUT2D eigenvalue weighted by Gasteiger charge is 2.13. The Balaban J connectivity index is 1.60. The average Bonchev–Trinajstić information content (AvgIpc) is 3.05. The fraction of sp³-hybridized carbons (Fsp3) is 0.389. The summed E-state index contributed by atoms with van der Waals surface area (Å²) >= 11 is 0. The molecule has 23 heavy (non-hydrogen) atoms. The number of fused-ring (bicyclic) bond motifs is 1. The minimum Gasteiger partial charge on any atom is -0.301 e. The molecule has 3 heterocycles. The third kappa shape index (κ3) is 2.97. The summed E-state index contributed by atoms with van der Waals surface area (Å²) in [6.45, 7) is 4.35. The zero-order valence-electron chi connectivity index (χ0n) is 13.2. The molecular formula is C18H21N5. The van der Waals surface area contributed by atoms with Crippen LogP contribution in [0.15, 0.2) is 42.9 Å². The van der Waals surface area contributed by atoms with Gasteiger partial charge in [0, 0.05) is 12.1 Å². The van der Waals surface area contributed by atoms with Gasteiger partial charge in [0.05, 0.1) is 23.8 Å². The predicted octanol–water partition coefficient (Wildman–Crippen LogP) is 2.98. The third-order valence-electron chi connectivity index (χ3n) is 4.56. The molecule has 4 rings (SSSR count). The molecule has 0 unspecified atom stereocenters. The molecule has 0 bridgehead atoms. The van der Waals surface area contributed by atoms with Gasteiger partial charge < -0.3 is 4.90 Å². The Morgan fingerprint density at radius 2 is 1.74 bits per heavy atom. The first-order valence-electron chi connectivity index (χ1n) is 8.36. The van der Waals surface area contributed by atoms with Crippen molar-refractivity contribution < 1.29 is 0 Å². The van der Waals surface area contributed by atoms with Crippen LogP contribution in [0.4, 0.5) is 0 Å². The summed E-state index contributed by atoms with van der Waals surface area (Å²) in [4.78, 5) is 11.5. The van der Waals surface area contributed by atoms with Gasteiger partial charge in [0.25, 0.3) is 0 Å². The van der Waals surface area contributed by atoms with Crippen LogP contribution in [-0.4, -0.2) is 44.3 Å². The lowest BCUT2D eigenvalue weighted by Crippen LogP contribution is -2.32. The smallest absolute Gasteiger partial charge is 0.161 e. The Labute approximate surface area is 136 Å². The van der Waals surface area contributed by atoms with Crippen LogP contribution in [-0.2, 0) is 6.54 Å². The molecule has 0 radical (unpaired) electrons. The number of rotatable bonds is 4. The van der Waals surface area contributed by atoms with Crippen molar-refractivity contribution in [3.05, 3.63) is 42.9 Å². The number of hydrogen-bond donors (Lipinski definition) is 0. The lowest BCUT2D eigenvalue weighted by atomic mass is 10.1. The standard InChI is InChI=1S/C18H21N5/c1-3-7-15(8-4-1)17-16-13-21-23(18(16)20-14-19-17)12-11-22-9-5-2-6-10-22/h1,3-4,7-8,13-14H,2,5-6,9-12H2. The summed E-state index contributed by atoms with van der Waals surface area (Å²) in [6.07, 6.45) is 7.55. The van der Waals surface area contributed by atoms with Gasteiger partial charge in [-0.3, -0.25) is 0 Å². The van der Waals surface area contributed by atoms with Crippen molar-refractivity contribution >= 4 is 11.0 Å². The SMILES string of the molecule is c1ccc(-c2ncnc3c2cnn3CCN2CCCCC2)cc1. The zero-order chi connectivity index (χ0) is 15.5. The van der Waals surface area contributed by atoms with Gasteiger partial charge in [-0.05, 0) is 25.9 Å². The minimum absolute atomic E-state index is 0.884. The summed E-state index contributed by atoms with van der Waals surface area (Å²) in [5, 5.41) is 5.58. The lowest BCUT2D eigenvalue weighted by molar-refractivity contribution is 0.219. The van der Waals surface area contributed by atoms with Crippen molar-refractivity contribution in [1.29, 1.82) is 0 Å². The van der Waals surface area contributed by atoms with Crippen LogP contribution in [0.5, 0.6) is 0 Å². The van der Waals surface area contributed by atoms with Crippen molar-refractivity contribution in [2.75, 3.05) is 19.6 Å². The number of nitrogens with zero attached hydrogens (tertiary/aromatic N) is 5. The maximum absolute atomic E-state index is 4.55. The normalized spacial score (nSPS) is 16.0. The topological polar surface area (TPSA) is 46.8 Å². The third-order valence-corrected chi connectivity index (χ3v) is 4.56. The van der Waals surface area contributed by atoms with Crippen LogP contribution in [0.1, 0.15) is 19.3 Å². The molecule has 3 aromatic rings. The molecule has 118 valence electrons. The highest BCUT2D eigenvalue weighted by Crippen LogP contribution is 2.24. The first kappa shape index (κ1) is 14.3. The number of piperidine rings is 1. The first-order valence-corrected chi connectivity index (χ1v) is 8.36. The van der Waals surface area contributed by atoms with Gasteiger partial charge in [-0.1, -0.05) is 36.8 Å². The zero-order valence-corrected chi connectivity index (χ0v) is 13.2. The van der Waals surface area contributed by atoms with E-state index in [1.807, 2.05) is 29.1 Å². The van der Waals surface area contributed by atoms with Gasteiger partial charge in [0.2, 0.25) is 0 Å². The number of likely N-dealkylation sites (tertiary alicyclic amines) is 1. The van der Waals surface area contributed by atoms with Crippen molar-refractivity contribution in [3.63, 3.8) is 0 Å². The quantitative estimate of drug-likeness (QED) is 0.743. The Hall–Kier alpha value is -2.27. The molecule has 1 saturated heterocycles. The van der Waals surface area contributed by atoms with Gasteiger partial charge in [0.15, 0.2) is 5.65 Å². The molecule has 1 aromatic carbocycles. The molecule has 1 aliphatic heterocycles. The summed E-state index contributed by atoms with van der Waals surface area (Å²) in [5.41, 5.74) is 2.99. The average molecular weight is 307 g/mol. The maximum atomic E-state index is 4.55. The summed E-state index contributed by atoms with van der Waals surface area (Å²) < 4.78 is 2.01. The highest BCUT2D eigenvalue weighted by molar-refractivity contribution is 5.89. The van der Waals surface area contributed by atoms with E-state index in [0.29, 0.717) is 0 Å². The summed E-state index contributed by atoms with van der Waals surface area (Å²) in [6, 6.07) is 10.2. The second-order valence-electron chi connectivity index (χ2n) is 6.10. The maximum Gasteiger partial charge on any atom is 0.161 e. The Kier molecular flexibility index (Phi) is 4.03. The van der Waals surface area contributed by atoms with E-state index >= 15 is 0 Å². The molecule has 0 N–H and O–H groups in total. The molecule has 0 saturated carbocycles. The molecule has 2 aromatic heterocycles. The molecule has 0 aliphatic carbocycles. The van der Waals surface area contributed by atoms with Gasteiger partial charge >= 0.3 is 0 Å². The highest BCUT2D eigenvalue weighted by atomic mass is 15.3. The van der Waals surface area contributed by atoms with E-state index < -0.39 is 0 Å². The number of hydrogen-bond acceptors (Lipinski definition) is 4. The molecule has 0 spiro atoms. The molecule has 5 heteroatoms. The van der Waals surface area contributed by atoms with Crippen LogP contribution in [0.2, 0.25) is 0 Å². The fourth-order valence-electron chi connectivity index (χ4n) is 3.30. The minimum atomic E-state index is 0.884. The first-order chi connectivity index (χ1) is 11.4. The van der Waals surface area contributed by atoms with E-state index in [4.69, 9.17) is 0 Å². The Morgan fingerprint density at radius 3 is 2.57 bits per heavy atom. The van der Waals surface area contributed by atoms with E-state index in [-0.39, 0.29) is 0 Å².